The monoisotopic (exact) mass is 135 g/mol. The summed E-state index contributed by atoms with van der Waals surface area (Å²) in [6.45, 7) is 5.38. The van der Waals surface area contributed by atoms with E-state index in [1.807, 2.05) is 6.92 Å². The van der Waals surface area contributed by atoms with Crippen LogP contribution in [0.25, 0.3) is 6.08 Å². The summed E-state index contributed by atoms with van der Waals surface area (Å²) < 4.78 is 0. The zero-order chi connectivity index (χ0) is 7.56. The number of aryl methyl sites for hydroxylation is 1. The van der Waals surface area contributed by atoms with Gasteiger partial charge in [-0.15, -0.1) is 0 Å². The van der Waals surface area contributed by atoms with Crippen molar-refractivity contribution < 1.29 is 0 Å². The summed E-state index contributed by atoms with van der Waals surface area (Å²) in [7, 11) is 0. The number of aromatic amines is 1. The van der Waals surface area contributed by atoms with Crippen LogP contribution >= 0.6 is 0 Å². The Labute approximate surface area is 59.2 Å². The van der Waals surface area contributed by atoms with Crippen molar-refractivity contribution in [3.63, 3.8) is 0 Å². The van der Waals surface area contributed by atoms with E-state index in [-0.39, 0.29) is 5.43 Å². The summed E-state index contributed by atoms with van der Waals surface area (Å²) in [6.07, 6.45) is 3.19. The van der Waals surface area contributed by atoms with E-state index in [0.29, 0.717) is 5.56 Å². The average Bonchev–Trinajstić information content (AvgIpc) is 1.88. The summed E-state index contributed by atoms with van der Waals surface area (Å²) in [4.78, 5) is 13.9. The van der Waals surface area contributed by atoms with E-state index in [1.54, 1.807) is 12.3 Å². The highest BCUT2D eigenvalue weighted by Gasteiger charge is 1.95. The number of aromatic nitrogens is 1. The first-order valence-corrected chi connectivity index (χ1v) is 3.06. The topological polar surface area (TPSA) is 32.9 Å². The minimum Gasteiger partial charge on any atom is -0.364 e. The molecule has 2 heteroatoms. The minimum atomic E-state index is 0.0197. The molecule has 0 spiro atoms. The number of hydrogen-bond acceptors (Lipinski definition) is 1. The van der Waals surface area contributed by atoms with Gasteiger partial charge in [0.25, 0.3) is 0 Å². The molecule has 1 aromatic rings. The smallest absolute Gasteiger partial charge is 0.188 e. The van der Waals surface area contributed by atoms with Gasteiger partial charge in [0.05, 0.1) is 0 Å². The Balaban J connectivity index is 3.45. The van der Waals surface area contributed by atoms with Gasteiger partial charge in [0.2, 0.25) is 0 Å². The molecule has 0 unspecified atom stereocenters. The normalized spacial score (nSPS) is 9.30. The van der Waals surface area contributed by atoms with Gasteiger partial charge in [-0.25, -0.2) is 0 Å². The van der Waals surface area contributed by atoms with Gasteiger partial charge >= 0.3 is 0 Å². The van der Waals surface area contributed by atoms with Crippen LogP contribution in [0.5, 0.6) is 0 Å². The van der Waals surface area contributed by atoms with Crippen molar-refractivity contribution in [3.8, 4) is 0 Å². The van der Waals surface area contributed by atoms with E-state index >= 15 is 0 Å². The summed E-state index contributed by atoms with van der Waals surface area (Å²) >= 11 is 0. The Morgan fingerprint density at radius 1 is 1.70 bits per heavy atom. The molecule has 52 valence electrons. The maximum absolute atomic E-state index is 11.0. The van der Waals surface area contributed by atoms with Crippen LogP contribution in [0, 0.1) is 6.92 Å². The molecule has 0 aliphatic carbocycles. The molecule has 0 aliphatic rings. The summed E-state index contributed by atoms with van der Waals surface area (Å²) in [5.41, 5.74) is 1.54. The average molecular weight is 135 g/mol. The van der Waals surface area contributed by atoms with Crippen molar-refractivity contribution in [2.45, 2.75) is 6.92 Å². The second-order valence-corrected chi connectivity index (χ2v) is 2.08. The molecule has 1 N–H and O–H groups in total. The molecule has 1 heterocycles. The Kier molecular flexibility index (Phi) is 1.71. The number of H-pyrrole nitrogens is 1. The van der Waals surface area contributed by atoms with Gasteiger partial charge in [-0.3, -0.25) is 4.79 Å². The van der Waals surface area contributed by atoms with Crippen molar-refractivity contribution in [2.24, 2.45) is 0 Å². The second-order valence-electron chi connectivity index (χ2n) is 2.08. The predicted octanol–water partition coefficient (Wildman–Crippen LogP) is 1.33. The largest absolute Gasteiger partial charge is 0.364 e. The van der Waals surface area contributed by atoms with Crippen LogP contribution in [0.15, 0.2) is 23.6 Å². The first kappa shape index (κ1) is 6.81. The number of hydrogen-bond donors (Lipinski definition) is 1. The SMILES string of the molecule is C=Cc1c(C)[nH]ccc1=O. The molecule has 0 saturated carbocycles. The highest BCUT2D eigenvalue weighted by atomic mass is 16.1. The van der Waals surface area contributed by atoms with E-state index in [2.05, 4.69) is 11.6 Å². The lowest BCUT2D eigenvalue weighted by Gasteiger charge is -1.95. The highest BCUT2D eigenvalue weighted by molar-refractivity contribution is 5.48. The fourth-order valence-electron chi connectivity index (χ4n) is 0.848. The van der Waals surface area contributed by atoms with Crippen molar-refractivity contribution in [3.05, 3.63) is 40.3 Å². The number of pyridine rings is 1. The van der Waals surface area contributed by atoms with Crippen LogP contribution in [0.2, 0.25) is 0 Å². The zero-order valence-electron chi connectivity index (χ0n) is 5.85. The molecular formula is C8H9NO. The number of nitrogens with one attached hydrogen (secondary N) is 1. The third-order valence-electron chi connectivity index (χ3n) is 1.41. The molecule has 0 bridgehead atoms. The Morgan fingerprint density at radius 2 is 2.40 bits per heavy atom. The van der Waals surface area contributed by atoms with E-state index in [1.165, 1.54) is 6.07 Å². The Morgan fingerprint density at radius 3 is 2.80 bits per heavy atom. The first-order chi connectivity index (χ1) is 4.75. The molecular weight excluding hydrogens is 126 g/mol. The molecule has 0 aliphatic heterocycles. The van der Waals surface area contributed by atoms with Crippen LogP contribution in [0.3, 0.4) is 0 Å². The van der Waals surface area contributed by atoms with E-state index in [0.717, 1.165) is 5.69 Å². The first-order valence-electron chi connectivity index (χ1n) is 3.06. The van der Waals surface area contributed by atoms with Gasteiger partial charge in [0.15, 0.2) is 5.43 Å². The molecule has 1 rings (SSSR count). The lowest BCUT2D eigenvalue weighted by atomic mass is 10.2. The van der Waals surface area contributed by atoms with Crippen LogP contribution in [-0.2, 0) is 0 Å². The zero-order valence-corrected chi connectivity index (χ0v) is 5.85. The standard InChI is InChI=1S/C8H9NO/c1-3-7-6(2)9-5-4-8(7)10/h3-5H,1H2,2H3,(H,9,10). The third kappa shape index (κ3) is 1.00. The van der Waals surface area contributed by atoms with Gasteiger partial charge < -0.3 is 4.98 Å². The van der Waals surface area contributed by atoms with Gasteiger partial charge in [0, 0.05) is 23.5 Å². The molecule has 1 aromatic heterocycles. The molecule has 0 amide bonds. The molecule has 0 aromatic carbocycles. The molecule has 2 nitrogen and oxygen atoms in total. The second kappa shape index (κ2) is 2.52. The highest BCUT2D eigenvalue weighted by Crippen LogP contribution is 1.97. The molecule has 0 saturated heterocycles. The molecule has 10 heavy (non-hydrogen) atoms. The fraction of sp³-hybridized carbons (Fsp3) is 0.125. The van der Waals surface area contributed by atoms with E-state index in [4.69, 9.17) is 0 Å². The number of rotatable bonds is 1. The quantitative estimate of drug-likeness (QED) is 0.619. The van der Waals surface area contributed by atoms with Crippen molar-refractivity contribution in [2.75, 3.05) is 0 Å². The maximum Gasteiger partial charge on any atom is 0.188 e. The van der Waals surface area contributed by atoms with Gasteiger partial charge in [0.1, 0.15) is 0 Å². The molecule has 0 fully saturated rings. The summed E-state index contributed by atoms with van der Waals surface area (Å²) in [5, 5.41) is 0. The fourth-order valence-corrected chi connectivity index (χ4v) is 0.848. The molecule has 0 atom stereocenters. The van der Waals surface area contributed by atoms with Crippen LogP contribution in [-0.4, -0.2) is 4.98 Å². The van der Waals surface area contributed by atoms with Crippen molar-refractivity contribution >= 4 is 6.08 Å². The Bertz CT molecular complexity index is 298. The molecule has 0 radical (unpaired) electrons. The van der Waals surface area contributed by atoms with E-state index in [9.17, 15) is 4.79 Å². The van der Waals surface area contributed by atoms with Gasteiger partial charge in [-0.2, -0.15) is 0 Å². The lowest BCUT2D eigenvalue weighted by Crippen LogP contribution is -2.05. The van der Waals surface area contributed by atoms with Gasteiger partial charge in [-0.05, 0) is 6.92 Å². The van der Waals surface area contributed by atoms with E-state index < -0.39 is 0 Å². The van der Waals surface area contributed by atoms with Crippen molar-refractivity contribution in [1.29, 1.82) is 0 Å². The summed E-state index contributed by atoms with van der Waals surface area (Å²) in [6, 6.07) is 1.49. The maximum atomic E-state index is 11.0. The Hall–Kier alpha value is -1.31. The predicted molar refractivity (Wildman–Crippen MR) is 41.9 cm³/mol. The summed E-state index contributed by atoms with van der Waals surface area (Å²) in [5.74, 6) is 0. The van der Waals surface area contributed by atoms with Crippen LogP contribution < -0.4 is 5.43 Å². The third-order valence-corrected chi connectivity index (χ3v) is 1.41. The van der Waals surface area contributed by atoms with Gasteiger partial charge in [-0.1, -0.05) is 12.7 Å². The minimum absolute atomic E-state index is 0.0197. The van der Waals surface area contributed by atoms with Crippen LogP contribution in [0.1, 0.15) is 11.3 Å². The van der Waals surface area contributed by atoms with Crippen LogP contribution in [0.4, 0.5) is 0 Å². The van der Waals surface area contributed by atoms with Crippen molar-refractivity contribution in [1.82, 2.24) is 4.98 Å². The lowest BCUT2D eigenvalue weighted by molar-refractivity contribution is 1.17.